The number of amides is 1. The number of sulfonamides is 1. The van der Waals surface area contributed by atoms with E-state index in [4.69, 9.17) is 32.7 Å². The third-order valence-electron chi connectivity index (χ3n) is 4.26. The van der Waals surface area contributed by atoms with Gasteiger partial charge >= 0.3 is 0 Å². The first-order valence-corrected chi connectivity index (χ1v) is 10.7. The van der Waals surface area contributed by atoms with Crippen LogP contribution < -0.4 is 10.1 Å². The Hall–Kier alpha value is -1.91. The van der Waals surface area contributed by atoms with E-state index in [-0.39, 0.29) is 45.0 Å². The molecule has 0 aromatic heterocycles. The Kier molecular flexibility index (Phi) is 6.65. The topological polar surface area (TPSA) is 84.9 Å². The summed E-state index contributed by atoms with van der Waals surface area (Å²) in [6.45, 7) is 1.00. The highest BCUT2D eigenvalue weighted by atomic mass is 35.5. The second kappa shape index (κ2) is 8.85. The van der Waals surface area contributed by atoms with Crippen molar-refractivity contribution in [3.05, 3.63) is 51.8 Å². The van der Waals surface area contributed by atoms with Crippen molar-refractivity contribution < 1.29 is 27.1 Å². The molecule has 3 rings (SSSR count). The summed E-state index contributed by atoms with van der Waals surface area (Å²) in [7, 11) is -2.53. The van der Waals surface area contributed by atoms with Crippen molar-refractivity contribution in [2.24, 2.45) is 0 Å². The summed E-state index contributed by atoms with van der Waals surface area (Å²) in [6, 6.07) is 6.20. The van der Waals surface area contributed by atoms with Gasteiger partial charge in [0.05, 0.1) is 35.9 Å². The number of morpholine rings is 1. The van der Waals surface area contributed by atoms with Gasteiger partial charge in [0.2, 0.25) is 10.0 Å². The van der Waals surface area contributed by atoms with Crippen molar-refractivity contribution in [1.82, 2.24) is 4.31 Å². The van der Waals surface area contributed by atoms with E-state index in [0.717, 1.165) is 12.1 Å². The van der Waals surface area contributed by atoms with Crippen LogP contribution in [0.3, 0.4) is 0 Å². The highest BCUT2D eigenvalue weighted by Gasteiger charge is 2.29. The largest absolute Gasteiger partial charge is 0.495 e. The molecule has 1 aliphatic rings. The average molecular weight is 463 g/mol. The number of ether oxygens (including phenoxy) is 2. The van der Waals surface area contributed by atoms with Crippen LogP contribution in [0.4, 0.5) is 10.1 Å². The number of nitrogens with zero attached hydrogens (tertiary/aromatic N) is 1. The minimum absolute atomic E-state index is 0.0384. The molecule has 0 aliphatic carbocycles. The molecule has 156 valence electrons. The Morgan fingerprint density at radius 2 is 1.86 bits per heavy atom. The van der Waals surface area contributed by atoms with Crippen LogP contribution in [0.5, 0.6) is 5.75 Å². The predicted octanol–water partition coefficient (Wildman–Crippen LogP) is 3.41. The second-order valence-electron chi connectivity index (χ2n) is 6.08. The summed E-state index contributed by atoms with van der Waals surface area (Å²) in [5.74, 6) is -1.39. The monoisotopic (exact) mass is 462 g/mol. The minimum Gasteiger partial charge on any atom is -0.495 e. The van der Waals surface area contributed by atoms with Crippen molar-refractivity contribution in [3.63, 3.8) is 0 Å². The Morgan fingerprint density at radius 1 is 1.17 bits per heavy atom. The van der Waals surface area contributed by atoms with Gasteiger partial charge in [-0.05, 0) is 30.3 Å². The fraction of sp³-hybridized carbons (Fsp3) is 0.278. The second-order valence-corrected chi connectivity index (χ2v) is 8.80. The first kappa shape index (κ1) is 21.8. The molecular formula is C18H17Cl2FN2O5S. The third kappa shape index (κ3) is 4.65. The number of hydrogen-bond acceptors (Lipinski definition) is 5. The summed E-state index contributed by atoms with van der Waals surface area (Å²) in [4.78, 5) is 12.4. The third-order valence-corrected chi connectivity index (χ3v) is 6.79. The number of carbonyl (C=O) groups is 1. The average Bonchev–Trinajstić information content (AvgIpc) is 2.71. The lowest BCUT2D eigenvalue weighted by molar-refractivity contribution is 0.0729. The zero-order valence-electron chi connectivity index (χ0n) is 15.2. The van der Waals surface area contributed by atoms with Gasteiger partial charge in [0.15, 0.2) is 0 Å². The zero-order valence-corrected chi connectivity index (χ0v) is 17.6. The molecule has 1 N–H and O–H groups in total. The maximum absolute atomic E-state index is 13.7. The number of carbonyl (C=O) groups excluding carboxylic acids is 1. The van der Waals surface area contributed by atoms with Crippen molar-refractivity contribution in [2.45, 2.75) is 4.90 Å². The van der Waals surface area contributed by atoms with Crippen molar-refractivity contribution in [3.8, 4) is 5.75 Å². The Morgan fingerprint density at radius 3 is 2.52 bits per heavy atom. The van der Waals surface area contributed by atoms with Crippen molar-refractivity contribution in [2.75, 3.05) is 38.7 Å². The van der Waals surface area contributed by atoms with Gasteiger partial charge in [0, 0.05) is 18.8 Å². The Labute approximate surface area is 177 Å². The molecule has 0 spiro atoms. The summed E-state index contributed by atoms with van der Waals surface area (Å²) < 4.78 is 51.4. The lowest BCUT2D eigenvalue weighted by Crippen LogP contribution is -2.40. The van der Waals surface area contributed by atoms with Crippen LogP contribution in [0.1, 0.15) is 10.4 Å². The van der Waals surface area contributed by atoms with Gasteiger partial charge in [-0.1, -0.05) is 23.2 Å². The van der Waals surface area contributed by atoms with E-state index in [1.54, 1.807) is 0 Å². The van der Waals surface area contributed by atoms with E-state index in [1.165, 1.54) is 29.6 Å². The highest BCUT2D eigenvalue weighted by molar-refractivity contribution is 7.89. The van der Waals surface area contributed by atoms with Crippen LogP contribution in [0.15, 0.2) is 35.2 Å². The maximum atomic E-state index is 13.7. The van der Waals surface area contributed by atoms with Crippen LogP contribution in [0, 0.1) is 5.82 Å². The Balaban J connectivity index is 1.93. The van der Waals surface area contributed by atoms with E-state index in [1.807, 2.05) is 0 Å². The summed E-state index contributed by atoms with van der Waals surface area (Å²) in [6.07, 6.45) is 0. The molecule has 0 atom stereocenters. The number of nitrogens with one attached hydrogen (secondary N) is 1. The first-order chi connectivity index (χ1) is 13.7. The van der Waals surface area contributed by atoms with Gasteiger partial charge in [0.25, 0.3) is 5.91 Å². The molecule has 11 heteroatoms. The van der Waals surface area contributed by atoms with Crippen molar-refractivity contribution in [1.29, 1.82) is 0 Å². The molecule has 2 aromatic rings. The van der Waals surface area contributed by atoms with E-state index in [2.05, 4.69) is 5.32 Å². The molecular weight excluding hydrogens is 446 g/mol. The van der Waals surface area contributed by atoms with Gasteiger partial charge in [-0.15, -0.1) is 0 Å². The van der Waals surface area contributed by atoms with Gasteiger partial charge in [0.1, 0.15) is 16.5 Å². The molecule has 0 saturated carbocycles. The van der Waals surface area contributed by atoms with Gasteiger partial charge < -0.3 is 14.8 Å². The molecule has 7 nitrogen and oxygen atoms in total. The normalized spacial score (nSPS) is 15.2. The maximum Gasteiger partial charge on any atom is 0.257 e. The fourth-order valence-corrected chi connectivity index (χ4v) is 4.84. The standard InChI is InChI=1S/C18H17Cl2FN2O5S/c1-27-16-3-2-11(8-17(16)29(25,26)23-4-6-28-7-5-23)22-18(24)12-9-15(21)14(20)10-13(12)19/h2-3,8-10H,4-7H2,1H3,(H,22,24). The summed E-state index contributed by atoms with van der Waals surface area (Å²) in [5.41, 5.74) is 0.0380. The quantitative estimate of drug-likeness (QED) is 0.688. The van der Waals surface area contributed by atoms with Gasteiger partial charge in [-0.25, -0.2) is 12.8 Å². The molecule has 1 amide bonds. The summed E-state index contributed by atoms with van der Waals surface area (Å²) >= 11 is 11.6. The molecule has 0 unspecified atom stereocenters. The number of halogens is 3. The highest BCUT2D eigenvalue weighted by Crippen LogP contribution is 2.31. The van der Waals surface area contributed by atoms with Gasteiger partial charge in [-0.2, -0.15) is 4.31 Å². The molecule has 2 aromatic carbocycles. The van der Waals surface area contributed by atoms with Crippen molar-refractivity contribution >= 4 is 44.8 Å². The Bertz CT molecular complexity index is 1040. The molecule has 1 saturated heterocycles. The smallest absolute Gasteiger partial charge is 0.257 e. The predicted molar refractivity (Wildman–Crippen MR) is 107 cm³/mol. The molecule has 0 radical (unpaired) electrons. The molecule has 1 aliphatic heterocycles. The number of rotatable bonds is 5. The first-order valence-electron chi connectivity index (χ1n) is 8.46. The molecule has 29 heavy (non-hydrogen) atoms. The number of hydrogen-bond donors (Lipinski definition) is 1. The number of benzene rings is 2. The van der Waals surface area contributed by atoms with Crippen LogP contribution in [-0.2, 0) is 14.8 Å². The molecule has 1 fully saturated rings. The lowest BCUT2D eigenvalue weighted by atomic mass is 10.2. The van der Waals surface area contributed by atoms with Crippen LogP contribution in [-0.4, -0.2) is 52.0 Å². The molecule has 0 bridgehead atoms. The van der Waals surface area contributed by atoms with E-state index >= 15 is 0 Å². The van der Waals surface area contributed by atoms with E-state index < -0.39 is 21.7 Å². The van der Waals surface area contributed by atoms with E-state index in [0.29, 0.717) is 13.2 Å². The van der Waals surface area contributed by atoms with Gasteiger partial charge in [-0.3, -0.25) is 4.79 Å². The van der Waals surface area contributed by atoms with Crippen LogP contribution in [0.25, 0.3) is 0 Å². The minimum atomic E-state index is -3.87. The number of methoxy groups -OCH3 is 1. The van der Waals surface area contributed by atoms with E-state index in [9.17, 15) is 17.6 Å². The number of anilines is 1. The zero-order chi connectivity index (χ0) is 21.2. The van der Waals surface area contributed by atoms with Crippen LogP contribution >= 0.6 is 23.2 Å². The lowest BCUT2D eigenvalue weighted by Gasteiger charge is -2.26. The van der Waals surface area contributed by atoms with Crippen LogP contribution in [0.2, 0.25) is 10.0 Å². The molecule has 1 heterocycles. The SMILES string of the molecule is COc1ccc(NC(=O)c2cc(F)c(Cl)cc2Cl)cc1S(=O)(=O)N1CCOCC1. The summed E-state index contributed by atoms with van der Waals surface area (Å²) in [5, 5.41) is 2.26. The fourth-order valence-electron chi connectivity index (χ4n) is 2.78.